The molecule has 1 aromatic carbocycles. The van der Waals surface area contributed by atoms with Gasteiger partial charge in [0.1, 0.15) is 4.32 Å². The van der Waals surface area contributed by atoms with Gasteiger partial charge in [0.2, 0.25) is 0 Å². The number of carbonyl (C=O) groups excluding carboxylic acids is 1. The van der Waals surface area contributed by atoms with Crippen LogP contribution in [-0.2, 0) is 11.2 Å². The number of carbonyl (C=O) groups is 1. The molecular formula is C21H23NOS2. The van der Waals surface area contributed by atoms with E-state index >= 15 is 0 Å². The number of amides is 1. The van der Waals surface area contributed by atoms with E-state index < -0.39 is 0 Å². The quantitative estimate of drug-likeness (QED) is 0.510. The summed E-state index contributed by atoms with van der Waals surface area (Å²) in [5.41, 5.74) is 6.50. The highest BCUT2D eigenvalue weighted by Crippen LogP contribution is 2.35. The van der Waals surface area contributed by atoms with Gasteiger partial charge in [-0.2, -0.15) is 0 Å². The van der Waals surface area contributed by atoms with Crippen molar-refractivity contribution < 1.29 is 4.79 Å². The van der Waals surface area contributed by atoms with Crippen molar-refractivity contribution in [3.8, 4) is 0 Å². The molecule has 0 aromatic heterocycles. The maximum atomic E-state index is 12.5. The molecule has 0 radical (unpaired) electrons. The lowest BCUT2D eigenvalue weighted by molar-refractivity contribution is -0.122. The molecule has 1 aliphatic heterocycles. The standard InChI is InChI=1S/C21H23NOS2/c1-4-10-22-20(23)19(25-21(22)24)12-15-7-9-17(11-15)18-8-6-14(3)16(5-2)13-18/h6-9,12-13H,4-5,10-11H2,1-3H3/b19-12+. The van der Waals surface area contributed by atoms with Crippen LogP contribution in [0.4, 0.5) is 0 Å². The van der Waals surface area contributed by atoms with Gasteiger partial charge in [-0.15, -0.1) is 0 Å². The summed E-state index contributed by atoms with van der Waals surface area (Å²) in [6.07, 6.45) is 9.13. The topological polar surface area (TPSA) is 20.3 Å². The SMILES string of the molecule is CCCN1C(=O)/C(=C\C2=CC=C(c3ccc(C)c(CC)c3)C2)SC1=S. The highest BCUT2D eigenvalue weighted by atomic mass is 32.2. The maximum Gasteiger partial charge on any atom is 0.266 e. The fraction of sp³-hybridized carbons (Fsp3) is 0.333. The van der Waals surface area contributed by atoms with Crippen LogP contribution in [0.3, 0.4) is 0 Å². The summed E-state index contributed by atoms with van der Waals surface area (Å²) in [7, 11) is 0. The van der Waals surface area contributed by atoms with Gasteiger partial charge in [0.15, 0.2) is 0 Å². The first-order valence-electron chi connectivity index (χ1n) is 8.78. The maximum absolute atomic E-state index is 12.5. The first-order chi connectivity index (χ1) is 12.0. The zero-order chi connectivity index (χ0) is 18.0. The second-order valence-electron chi connectivity index (χ2n) is 6.44. The van der Waals surface area contributed by atoms with Crippen molar-refractivity contribution in [2.24, 2.45) is 0 Å². The van der Waals surface area contributed by atoms with Gasteiger partial charge in [-0.1, -0.05) is 68.2 Å². The van der Waals surface area contributed by atoms with Gasteiger partial charge in [0.25, 0.3) is 5.91 Å². The molecule has 2 aliphatic rings. The number of thioether (sulfide) groups is 1. The third kappa shape index (κ3) is 3.80. The number of nitrogens with zero attached hydrogens (tertiary/aromatic N) is 1. The summed E-state index contributed by atoms with van der Waals surface area (Å²) in [5.74, 6) is 0.0507. The Balaban J connectivity index is 1.72. The Kier molecular flexibility index (Phi) is 5.60. The van der Waals surface area contributed by atoms with Gasteiger partial charge in [-0.3, -0.25) is 9.69 Å². The molecule has 1 saturated heterocycles. The Morgan fingerprint density at radius 1 is 1.28 bits per heavy atom. The van der Waals surface area contributed by atoms with Crippen LogP contribution in [0.2, 0.25) is 0 Å². The number of rotatable bonds is 5. The summed E-state index contributed by atoms with van der Waals surface area (Å²) in [6, 6.07) is 6.68. The number of allylic oxidation sites excluding steroid dienone is 5. The zero-order valence-electron chi connectivity index (χ0n) is 15.0. The van der Waals surface area contributed by atoms with Crippen molar-refractivity contribution in [3.05, 3.63) is 63.6 Å². The highest BCUT2D eigenvalue weighted by Gasteiger charge is 2.31. The van der Waals surface area contributed by atoms with Gasteiger partial charge in [-0.05, 0) is 60.1 Å². The van der Waals surface area contributed by atoms with Crippen LogP contribution in [0.15, 0.2) is 46.9 Å². The molecule has 1 aliphatic carbocycles. The Morgan fingerprint density at radius 2 is 2.08 bits per heavy atom. The largest absolute Gasteiger partial charge is 0.293 e. The van der Waals surface area contributed by atoms with Crippen molar-refractivity contribution in [1.29, 1.82) is 0 Å². The lowest BCUT2D eigenvalue weighted by atomic mass is 9.97. The second kappa shape index (κ2) is 7.71. The number of hydrogen-bond acceptors (Lipinski definition) is 3. The molecule has 0 bridgehead atoms. The van der Waals surface area contributed by atoms with Gasteiger partial charge in [0, 0.05) is 6.54 Å². The van der Waals surface area contributed by atoms with Crippen molar-refractivity contribution in [2.45, 2.75) is 40.0 Å². The lowest BCUT2D eigenvalue weighted by Crippen LogP contribution is -2.28. The lowest BCUT2D eigenvalue weighted by Gasteiger charge is -2.12. The van der Waals surface area contributed by atoms with E-state index in [0.29, 0.717) is 10.9 Å². The molecule has 25 heavy (non-hydrogen) atoms. The summed E-state index contributed by atoms with van der Waals surface area (Å²) in [5, 5.41) is 0. The molecule has 4 heteroatoms. The van der Waals surface area contributed by atoms with Crippen LogP contribution in [0.5, 0.6) is 0 Å². The normalized spacial score (nSPS) is 19.0. The molecule has 1 heterocycles. The molecule has 2 nitrogen and oxygen atoms in total. The van der Waals surface area contributed by atoms with Crippen molar-refractivity contribution >= 4 is 39.8 Å². The Labute approximate surface area is 159 Å². The first kappa shape index (κ1) is 18.2. The molecule has 1 amide bonds. The third-order valence-corrected chi connectivity index (χ3v) is 6.01. The van der Waals surface area contributed by atoms with Gasteiger partial charge >= 0.3 is 0 Å². The minimum Gasteiger partial charge on any atom is -0.293 e. The van der Waals surface area contributed by atoms with Gasteiger partial charge in [0.05, 0.1) is 4.91 Å². The summed E-state index contributed by atoms with van der Waals surface area (Å²) >= 11 is 6.75. The van der Waals surface area contributed by atoms with Crippen LogP contribution in [0.1, 0.15) is 43.4 Å². The minimum atomic E-state index is 0.0507. The molecule has 130 valence electrons. The molecule has 3 rings (SSSR count). The summed E-state index contributed by atoms with van der Waals surface area (Å²) in [4.78, 5) is 14.9. The predicted octanol–water partition coefficient (Wildman–Crippen LogP) is 5.43. The minimum absolute atomic E-state index is 0.0507. The van der Waals surface area contributed by atoms with Crippen LogP contribution in [0.25, 0.3) is 5.57 Å². The van der Waals surface area contributed by atoms with Crippen LogP contribution in [0, 0.1) is 6.92 Å². The summed E-state index contributed by atoms with van der Waals surface area (Å²) in [6.45, 7) is 7.11. The molecule has 0 saturated carbocycles. The number of thiocarbonyl (C=S) groups is 1. The monoisotopic (exact) mass is 369 g/mol. The Morgan fingerprint density at radius 3 is 2.80 bits per heavy atom. The van der Waals surface area contributed by atoms with E-state index in [9.17, 15) is 4.79 Å². The Hall–Kier alpha value is -1.65. The fourth-order valence-corrected chi connectivity index (χ4v) is 4.50. The first-order valence-corrected chi connectivity index (χ1v) is 10.0. The van der Waals surface area contributed by atoms with E-state index in [1.807, 2.05) is 6.08 Å². The number of benzene rings is 1. The summed E-state index contributed by atoms with van der Waals surface area (Å²) < 4.78 is 0.677. The molecule has 1 aromatic rings. The second-order valence-corrected chi connectivity index (χ2v) is 8.11. The van der Waals surface area contributed by atoms with E-state index in [1.54, 1.807) is 4.90 Å². The van der Waals surface area contributed by atoms with E-state index in [0.717, 1.165) is 24.2 Å². The van der Waals surface area contributed by atoms with Gasteiger partial charge < -0.3 is 0 Å². The third-order valence-electron chi connectivity index (χ3n) is 4.63. The fourth-order valence-electron chi connectivity index (χ4n) is 3.18. The molecular weight excluding hydrogens is 346 g/mol. The molecule has 0 atom stereocenters. The van der Waals surface area contributed by atoms with E-state index in [4.69, 9.17) is 12.2 Å². The average molecular weight is 370 g/mol. The molecule has 0 N–H and O–H groups in total. The van der Waals surface area contributed by atoms with Crippen molar-refractivity contribution in [1.82, 2.24) is 4.90 Å². The van der Waals surface area contributed by atoms with Crippen LogP contribution in [-0.4, -0.2) is 21.7 Å². The number of hydrogen-bond donors (Lipinski definition) is 0. The smallest absolute Gasteiger partial charge is 0.266 e. The Bertz CT molecular complexity index is 817. The van der Waals surface area contributed by atoms with E-state index in [2.05, 4.69) is 51.1 Å². The average Bonchev–Trinajstić information content (AvgIpc) is 3.16. The molecule has 1 fully saturated rings. The van der Waals surface area contributed by atoms with Gasteiger partial charge in [-0.25, -0.2) is 0 Å². The number of aryl methyl sites for hydroxylation is 2. The zero-order valence-corrected chi connectivity index (χ0v) is 16.6. The van der Waals surface area contributed by atoms with Crippen LogP contribution >= 0.6 is 24.0 Å². The van der Waals surface area contributed by atoms with Crippen molar-refractivity contribution in [2.75, 3.05) is 6.54 Å². The molecule has 0 unspecified atom stereocenters. The molecule has 0 spiro atoms. The van der Waals surface area contributed by atoms with Crippen molar-refractivity contribution in [3.63, 3.8) is 0 Å². The van der Waals surface area contributed by atoms with Crippen LogP contribution < -0.4 is 0 Å². The van der Waals surface area contributed by atoms with E-state index in [-0.39, 0.29) is 5.91 Å². The predicted molar refractivity (Wildman–Crippen MR) is 112 cm³/mol. The van der Waals surface area contributed by atoms with E-state index in [1.165, 1.54) is 39.6 Å². The highest BCUT2D eigenvalue weighted by molar-refractivity contribution is 8.26.